The molecule has 3 aromatic rings. The van der Waals surface area contributed by atoms with Gasteiger partial charge in [-0.15, -0.1) is 0 Å². The van der Waals surface area contributed by atoms with Crippen LogP contribution in [-0.4, -0.2) is 25.8 Å². The fourth-order valence-electron chi connectivity index (χ4n) is 2.24. The number of nitrogens with zero attached hydrogens (tertiary/aromatic N) is 3. The number of hydrogen-bond acceptors (Lipinski definition) is 3. The Morgan fingerprint density at radius 1 is 1.24 bits per heavy atom. The van der Waals surface area contributed by atoms with E-state index in [-0.39, 0.29) is 5.69 Å². The normalized spacial score (nSPS) is 11.2. The molecule has 0 aliphatic heterocycles. The van der Waals surface area contributed by atoms with Crippen LogP contribution in [0.5, 0.6) is 0 Å². The Morgan fingerprint density at radius 2 is 2.00 bits per heavy atom. The van der Waals surface area contributed by atoms with E-state index < -0.39 is 5.97 Å². The Hall–Kier alpha value is -2.69. The molecule has 106 valence electrons. The highest BCUT2D eigenvalue weighted by molar-refractivity contribution is 5.94. The van der Waals surface area contributed by atoms with Crippen molar-refractivity contribution in [3.05, 3.63) is 54.0 Å². The maximum Gasteiger partial charge on any atom is 0.354 e. The van der Waals surface area contributed by atoms with Crippen LogP contribution in [0.1, 0.15) is 35.9 Å². The molecule has 0 aliphatic rings. The Labute approximate surface area is 121 Å². The van der Waals surface area contributed by atoms with Crippen molar-refractivity contribution < 1.29 is 9.90 Å². The van der Waals surface area contributed by atoms with Crippen LogP contribution >= 0.6 is 0 Å². The predicted molar refractivity (Wildman–Crippen MR) is 79.9 cm³/mol. The number of aromatic carboxylic acids is 1. The molecule has 1 aromatic carbocycles. The van der Waals surface area contributed by atoms with Gasteiger partial charge in [0.2, 0.25) is 0 Å². The van der Waals surface area contributed by atoms with Crippen molar-refractivity contribution in [2.24, 2.45) is 0 Å². The van der Waals surface area contributed by atoms with E-state index in [1.54, 1.807) is 16.8 Å². The molecule has 0 spiro atoms. The smallest absolute Gasteiger partial charge is 0.354 e. The second kappa shape index (κ2) is 5.01. The molecule has 5 nitrogen and oxygen atoms in total. The van der Waals surface area contributed by atoms with Crippen LogP contribution in [0.15, 0.2) is 42.6 Å². The van der Waals surface area contributed by atoms with Gasteiger partial charge in [-0.05, 0) is 24.1 Å². The maximum atomic E-state index is 11.2. The molecule has 21 heavy (non-hydrogen) atoms. The number of aromatic nitrogens is 3. The van der Waals surface area contributed by atoms with Gasteiger partial charge >= 0.3 is 5.97 Å². The Bertz CT molecular complexity index is 821. The Morgan fingerprint density at radius 3 is 2.67 bits per heavy atom. The zero-order valence-electron chi connectivity index (χ0n) is 11.8. The second-order valence-corrected chi connectivity index (χ2v) is 5.19. The molecule has 0 saturated heterocycles. The molecular weight excluding hydrogens is 266 g/mol. The van der Waals surface area contributed by atoms with Crippen molar-refractivity contribution in [1.82, 2.24) is 14.8 Å². The molecule has 5 heteroatoms. The summed E-state index contributed by atoms with van der Waals surface area (Å²) in [5.41, 5.74) is 2.36. The molecular formula is C16H15N3O2. The summed E-state index contributed by atoms with van der Waals surface area (Å²) in [5.74, 6) is -0.725. The molecule has 0 bridgehead atoms. The number of hydrogen-bond donors (Lipinski definition) is 1. The summed E-state index contributed by atoms with van der Waals surface area (Å²) in [5, 5.41) is 14.6. The summed E-state index contributed by atoms with van der Waals surface area (Å²) in [4.78, 5) is 15.4. The van der Waals surface area contributed by atoms with Crippen LogP contribution in [0.4, 0.5) is 0 Å². The topological polar surface area (TPSA) is 68.0 Å². The first-order valence-corrected chi connectivity index (χ1v) is 6.75. The number of para-hydroxylation sites is 1. The fraction of sp³-hybridized carbons (Fsp3) is 0.188. The van der Waals surface area contributed by atoms with Crippen LogP contribution in [-0.2, 0) is 0 Å². The van der Waals surface area contributed by atoms with Crippen molar-refractivity contribution in [2.45, 2.75) is 19.8 Å². The van der Waals surface area contributed by atoms with E-state index >= 15 is 0 Å². The lowest BCUT2D eigenvalue weighted by Crippen LogP contribution is -2.05. The van der Waals surface area contributed by atoms with E-state index in [1.165, 1.54) is 0 Å². The molecule has 0 atom stereocenters. The number of fused-ring (bicyclic) bond motifs is 1. The predicted octanol–water partition coefficient (Wildman–Crippen LogP) is 3.24. The summed E-state index contributed by atoms with van der Waals surface area (Å²) in [6, 6.07) is 11.0. The van der Waals surface area contributed by atoms with Gasteiger partial charge in [-0.25, -0.2) is 14.5 Å². The molecule has 0 saturated carbocycles. The van der Waals surface area contributed by atoms with Crippen LogP contribution in [0.25, 0.3) is 16.6 Å². The zero-order valence-corrected chi connectivity index (χ0v) is 11.8. The number of rotatable bonds is 3. The molecule has 1 N–H and O–H groups in total. The lowest BCUT2D eigenvalue weighted by atomic mass is 10.1. The lowest BCUT2D eigenvalue weighted by molar-refractivity contribution is 0.0691. The number of benzene rings is 1. The van der Waals surface area contributed by atoms with E-state index in [9.17, 15) is 9.90 Å². The molecule has 3 rings (SSSR count). The quantitative estimate of drug-likeness (QED) is 0.800. The molecule has 0 aliphatic carbocycles. The maximum absolute atomic E-state index is 11.2. The number of pyridine rings is 1. The van der Waals surface area contributed by atoms with Gasteiger partial charge in [-0.2, -0.15) is 5.10 Å². The first kappa shape index (κ1) is 13.3. The highest BCUT2D eigenvalue weighted by atomic mass is 16.4. The molecule has 0 fully saturated rings. The zero-order chi connectivity index (χ0) is 15.0. The first-order valence-electron chi connectivity index (χ1n) is 6.75. The lowest BCUT2D eigenvalue weighted by Gasteiger charge is -2.08. The summed E-state index contributed by atoms with van der Waals surface area (Å²) in [7, 11) is 0. The minimum absolute atomic E-state index is 0.0188. The van der Waals surface area contributed by atoms with Gasteiger partial charge in [0, 0.05) is 11.6 Å². The summed E-state index contributed by atoms with van der Waals surface area (Å²) >= 11 is 0. The summed E-state index contributed by atoms with van der Waals surface area (Å²) in [6.45, 7) is 4.14. The van der Waals surface area contributed by atoms with Crippen LogP contribution in [0.2, 0.25) is 0 Å². The molecule has 2 heterocycles. The van der Waals surface area contributed by atoms with E-state index in [1.807, 2.05) is 30.5 Å². The Balaban J connectivity index is 2.26. The van der Waals surface area contributed by atoms with Crippen LogP contribution < -0.4 is 0 Å². The second-order valence-electron chi connectivity index (χ2n) is 5.19. The monoisotopic (exact) mass is 281 g/mol. The minimum atomic E-state index is -1.04. The average Bonchev–Trinajstić information content (AvgIpc) is 2.96. The van der Waals surface area contributed by atoms with Crippen LogP contribution in [0.3, 0.4) is 0 Å². The number of carboxylic acid groups (broad SMARTS) is 1. The van der Waals surface area contributed by atoms with Crippen molar-refractivity contribution in [3.63, 3.8) is 0 Å². The van der Waals surface area contributed by atoms with Crippen molar-refractivity contribution >= 4 is 16.9 Å². The van der Waals surface area contributed by atoms with Gasteiger partial charge in [0.25, 0.3) is 0 Å². The highest BCUT2D eigenvalue weighted by Gasteiger charge is 2.13. The molecule has 2 aromatic heterocycles. The third-order valence-electron chi connectivity index (χ3n) is 3.36. The SMILES string of the molecule is CC(C)c1ccn(-c2cc(C(=O)O)nc3ccccc23)n1. The highest BCUT2D eigenvalue weighted by Crippen LogP contribution is 2.23. The van der Waals surface area contributed by atoms with Gasteiger partial charge in [-0.3, -0.25) is 0 Å². The third-order valence-corrected chi connectivity index (χ3v) is 3.36. The summed E-state index contributed by atoms with van der Waals surface area (Å²) in [6.07, 6.45) is 1.85. The van der Waals surface area contributed by atoms with Crippen molar-refractivity contribution in [2.75, 3.05) is 0 Å². The van der Waals surface area contributed by atoms with Gasteiger partial charge in [0.1, 0.15) is 0 Å². The average molecular weight is 281 g/mol. The molecule has 0 radical (unpaired) electrons. The van der Waals surface area contributed by atoms with Gasteiger partial charge in [0.05, 0.1) is 16.9 Å². The molecule has 0 amide bonds. The van der Waals surface area contributed by atoms with Crippen molar-refractivity contribution in [3.8, 4) is 5.69 Å². The fourth-order valence-corrected chi connectivity index (χ4v) is 2.24. The summed E-state index contributed by atoms with van der Waals surface area (Å²) < 4.78 is 1.71. The minimum Gasteiger partial charge on any atom is -0.477 e. The van der Waals surface area contributed by atoms with Gasteiger partial charge in [-0.1, -0.05) is 32.0 Å². The van der Waals surface area contributed by atoms with E-state index in [2.05, 4.69) is 23.9 Å². The van der Waals surface area contributed by atoms with E-state index in [0.717, 1.165) is 16.8 Å². The van der Waals surface area contributed by atoms with Gasteiger partial charge < -0.3 is 5.11 Å². The van der Waals surface area contributed by atoms with Crippen molar-refractivity contribution in [1.29, 1.82) is 0 Å². The number of carboxylic acids is 1. The van der Waals surface area contributed by atoms with E-state index in [0.29, 0.717) is 11.4 Å². The standard InChI is InChI=1S/C16H15N3O2/c1-10(2)12-7-8-19(18-12)15-9-14(16(20)21)17-13-6-4-3-5-11(13)15/h3-10H,1-2H3,(H,20,21). The number of carbonyl (C=O) groups is 1. The third kappa shape index (κ3) is 2.38. The molecule has 0 unspecified atom stereocenters. The van der Waals surface area contributed by atoms with E-state index in [4.69, 9.17) is 0 Å². The first-order chi connectivity index (χ1) is 10.1. The van der Waals surface area contributed by atoms with Gasteiger partial charge in [0.15, 0.2) is 5.69 Å². The Kier molecular flexibility index (Phi) is 3.17. The largest absolute Gasteiger partial charge is 0.477 e. The van der Waals surface area contributed by atoms with Crippen LogP contribution in [0, 0.1) is 0 Å².